The van der Waals surface area contributed by atoms with Crippen molar-refractivity contribution in [2.75, 3.05) is 13.6 Å². The fraction of sp³-hybridized carbons (Fsp3) is 0.500. The lowest BCUT2D eigenvalue weighted by Gasteiger charge is -2.20. The smallest absolute Gasteiger partial charge is 0.213 e. The van der Waals surface area contributed by atoms with Gasteiger partial charge in [-0.05, 0) is 23.0 Å². The summed E-state index contributed by atoms with van der Waals surface area (Å²) < 4.78 is 2.86. The molecule has 14 heavy (non-hydrogen) atoms. The zero-order valence-electron chi connectivity index (χ0n) is 7.70. The summed E-state index contributed by atoms with van der Waals surface area (Å²) in [7, 11) is 2.13. The highest BCUT2D eigenvalue weighted by Gasteiger charge is 2.21. The van der Waals surface area contributed by atoms with E-state index in [1.807, 2.05) is 4.52 Å². The Bertz CT molecular complexity index is 489. The van der Waals surface area contributed by atoms with Crippen LogP contribution in [0.2, 0.25) is 0 Å². The fourth-order valence-electron chi connectivity index (χ4n) is 1.80. The quantitative estimate of drug-likeness (QED) is 0.730. The van der Waals surface area contributed by atoms with Gasteiger partial charge in [-0.3, -0.25) is 0 Å². The van der Waals surface area contributed by atoms with Crippen LogP contribution >= 0.6 is 27.3 Å². The van der Waals surface area contributed by atoms with Crippen LogP contribution in [0.3, 0.4) is 0 Å². The van der Waals surface area contributed by atoms with Crippen molar-refractivity contribution in [3.05, 3.63) is 15.3 Å². The molecule has 4 nitrogen and oxygen atoms in total. The van der Waals surface area contributed by atoms with E-state index in [1.165, 1.54) is 11.4 Å². The molecular weight excluding hydrogens is 264 g/mol. The van der Waals surface area contributed by atoms with Crippen molar-refractivity contribution in [2.24, 2.45) is 0 Å². The molecule has 0 radical (unpaired) electrons. The average Bonchev–Trinajstić information content (AvgIpc) is 2.62. The molecule has 1 aliphatic heterocycles. The van der Waals surface area contributed by atoms with E-state index < -0.39 is 0 Å². The van der Waals surface area contributed by atoms with Gasteiger partial charge in [0.15, 0.2) is 3.92 Å². The van der Waals surface area contributed by atoms with Crippen LogP contribution in [0.25, 0.3) is 4.96 Å². The SMILES string of the molecule is CN1CCc2nc3sc(Br)nn3c2C1. The molecular formula is C8H9BrN4S. The molecule has 0 saturated heterocycles. The topological polar surface area (TPSA) is 33.4 Å². The normalized spacial score (nSPS) is 17.6. The molecule has 3 rings (SSSR count). The molecule has 0 spiro atoms. The summed E-state index contributed by atoms with van der Waals surface area (Å²) in [5, 5.41) is 4.38. The third kappa shape index (κ3) is 1.21. The maximum atomic E-state index is 4.57. The van der Waals surface area contributed by atoms with E-state index in [4.69, 9.17) is 0 Å². The van der Waals surface area contributed by atoms with Crippen LogP contribution in [0, 0.1) is 0 Å². The van der Waals surface area contributed by atoms with E-state index in [2.05, 4.69) is 38.0 Å². The Kier molecular flexibility index (Phi) is 1.90. The molecule has 0 N–H and O–H groups in total. The van der Waals surface area contributed by atoms with Crippen molar-refractivity contribution in [1.29, 1.82) is 0 Å². The van der Waals surface area contributed by atoms with Crippen LogP contribution in [0.1, 0.15) is 11.4 Å². The molecule has 0 aliphatic carbocycles. The van der Waals surface area contributed by atoms with Crippen LogP contribution < -0.4 is 0 Å². The van der Waals surface area contributed by atoms with Crippen molar-refractivity contribution in [2.45, 2.75) is 13.0 Å². The first-order chi connectivity index (χ1) is 6.74. The summed E-state index contributed by atoms with van der Waals surface area (Å²) in [4.78, 5) is 7.86. The highest BCUT2D eigenvalue weighted by atomic mass is 79.9. The van der Waals surface area contributed by atoms with Gasteiger partial charge in [0, 0.05) is 19.5 Å². The largest absolute Gasteiger partial charge is 0.300 e. The first kappa shape index (κ1) is 8.82. The van der Waals surface area contributed by atoms with Crippen LogP contribution in [-0.2, 0) is 13.0 Å². The maximum Gasteiger partial charge on any atom is 0.213 e. The van der Waals surface area contributed by atoms with Crippen molar-refractivity contribution in [1.82, 2.24) is 19.5 Å². The van der Waals surface area contributed by atoms with Gasteiger partial charge in [0.2, 0.25) is 4.96 Å². The number of imidazole rings is 1. The monoisotopic (exact) mass is 272 g/mol. The zero-order valence-corrected chi connectivity index (χ0v) is 10.1. The number of hydrogen-bond donors (Lipinski definition) is 0. The van der Waals surface area contributed by atoms with E-state index in [0.717, 1.165) is 28.4 Å². The Hall–Kier alpha value is -0.460. The summed E-state index contributed by atoms with van der Waals surface area (Å²) >= 11 is 4.97. The number of halogens is 1. The number of likely N-dealkylation sites (N-methyl/N-ethyl adjacent to an activating group) is 1. The molecule has 0 unspecified atom stereocenters. The number of hydrogen-bond acceptors (Lipinski definition) is 4. The van der Waals surface area contributed by atoms with E-state index in [-0.39, 0.29) is 0 Å². The van der Waals surface area contributed by atoms with Gasteiger partial charge in [0.05, 0.1) is 11.4 Å². The van der Waals surface area contributed by atoms with Gasteiger partial charge in [-0.15, -0.1) is 5.10 Å². The minimum Gasteiger partial charge on any atom is -0.300 e. The molecule has 0 amide bonds. The van der Waals surface area contributed by atoms with E-state index in [0.29, 0.717) is 0 Å². The van der Waals surface area contributed by atoms with Crippen LogP contribution in [0.15, 0.2) is 3.92 Å². The maximum absolute atomic E-state index is 4.57. The third-order valence-electron chi connectivity index (χ3n) is 2.50. The van der Waals surface area contributed by atoms with Gasteiger partial charge in [-0.25, -0.2) is 9.50 Å². The lowest BCUT2D eigenvalue weighted by Crippen LogP contribution is -2.27. The number of aromatic nitrogens is 3. The lowest BCUT2D eigenvalue weighted by atomic mass is 10.2. The number of fused-ring (bicyclic) bond motifs is 3. The standard InChI is InChI=1S/C8H9BrN4S/c1-12-3-2-5-6(4-12)13-8(10-5)14-7(9)11-13/h2-4H2,1H3. The molecule has 74 valence electrons. The lowest BCUT2D eigenvalue weighted by molar-refractivity contribution is 0.304. The van der Waals surface area contributed by atoms with Crippen molar-refractivity contribution in [3.63, 3.8) is 0 Å². The number of nitrogens with zero attached hydrogens (tertiary/aromatic N) is 4. The Labute approximate surface area is 93.7 Å². The highest BCUT2D eigenvalue weighted by Crippen LogP contribution is 2.25. The Morgan fingerprint density at radius 3 is 3.21 bits per heavy atom. The van der Waals surface area contributed by atoms with E-state index >= 15 is 0 Å². The average molecular weight is 273 g/mol. The molecule has 0 bridgehead atoms. The van der Waals surface area contributed by atoms with Crippen LogP contribution in [0.5, 0.6) is 0 Å². The van der Waals surface area contributed by atoms with Crippen molar-refractivity contribution in [3.8, 4) is 0 Å². The van der Waals surface area contributed by atoms with Gasteiger partial charge in [-0.1, -0.05) is 11.3 Å². The first-order valence-corrected chi connectivity index (χ1v) is 6.06. The van der Waals surface area contributed by atoms with Gasteiger partial charge in [-0.2, -0.15) is 0 Å². The summed E-state index contributed by atoms with van der Waals surface area (Å²) in [6.45, 7) is 2.05. The van der Waals surface area contributed by atoms with Crippen molar-refractivity contribution >= 4 is 32.2 Å². The predicted octanol–water partition coefficient (Wildman–Crippen LogP) is 1.54. The molecule has 0 aromatic carbocycles. The van der Waals surface area contributed by atoms with Gasteiger partial charge in [0.25, 0.3) is 0 Å². The fourth-order valence-corrected chi connectivity index (χ4v) is 3.06. The van der Waals surface area contributed by atoms with Gasteiger partial charge < -0.3 is 4.90 Å². The summed E-state index contributed by atoms with van der Waals surface area (Å²) in [6.07, 6.45) is 1.04. The molecule has 1 aliphatic rings. The molecule has 0 saturated carbocycles. The molecule has 3 heterocycles. The minimum atomic E-state index is 0.899. The summed E-state index contributed by atoms with van der Waals surface area (Å²) in [5.41, 5.74) is 2.46. The van der Waals surface area contributed by atoms with Crippen molar-refractivity contribution < 1.29 is 0 Å². The molecule has 0 fully saturated rings. The second kappa shape index (κ2) is 3.01. The molecule has 0 atom stereocenters. The summed E-state index contributed by atoms with van der Waals surface area (Å²) in [5.74, 6) is 0. The van der Waals surface area contributed by atoms with E-state index in [9.17, 15) is 0 Å². The molecule has 2 aromatic rings. The van der Waals surface area contributed by atoms with Gasteiger partial charge in [0.1, 0.15) is 0 Å². The van der Waals surface area contributed by atoms with Crippen LogP contribution in [-0.4, -0.2) is 33.1 Å². The number of rotatable bonds is 0. The Morgan fingerprint density at radius 1 is 1.50 bits per heavy atom. The van der Waals surface area contributed by atoms with Crippen LogP contribution in [0.4, 0.5) is 0 Å². The molecule has 2 aromatic heterocycles. The predicted molar refractivity (Wildman–Crippen MR) is 58.6 cm³/mol. The zero-order chi connectivity index (χ0) is 9.71. The van der Waals surface area contributed by atoms with Gasteiger partial charge >= 0.3 is 0 Å². The Balaban J connectivity index is 2.23. The second-order valence-corrected chi connectivity index (χ2v) is 5.77. The molecule has 6 heteroatoms. The Morgan fingerprint density at radius 2 is 2.36 bits per heavy atom. The minimum absolute atomic E-state index is 0.899. The summed E-state index contributed by atoms with van der Waals surface area (Å²) in [6, 6.07) is 0. The third-order valence-corrected chi connectivity index (χ3v) is 3.85. The van der Waals surface area contributed by atoms with E-state index in [1.54, 1.807) is 11.3 Å². The second-order valence-electron chi connectivity index (χ2n) is 3.54. The first-order valence-electron chi connectivity index (χ1n) is 4.45. The highest BCUT2D eigenvalue weighted by molar-refractivity contribution is 9.11.